The van der Waals surface area contributed by atoms with Gasteiger partial charge < -0.3 is 4.74 Å². The Kier molecular flexibility index (Phi) is 4.88. The largest absolute Gasteiger partial charge is 0.497 e. The monoisotopic (exact) mass is 378 g/mol. The lowest BCUT2D eigenvalue weighted by atomic mass is 10.1. The van der Waals surface area contributed by atoms with Crippen molar-refractivity contribution in [3.8, 4) is 22.7 Å². The van der Waals surface area contributed by atoms with E-state index in [1.54, 1.807) is 23.6 Å². The normalized spacial score (nSPS) is 10.9. The first-order valence-corrected chi connectivity index (χ1v) is 9.36. The predicted molar refractivity (Wildman–Crippen MR) is 104 cm³/mol. The number of tetrazole rings is 1. The van der Waals surface area contributed by atoms with Crippen molar-refractivity contribution in [3.63, 3.8) is 0 Å². The fraction of sp³-hybridized carbons (Fsp3) is 0.158. The summed E-state index contributed by atoms with van der Waals surface area (Å²) in [6.07, 6.45) is 2.06. The molecular formula is C19H18N6OS. The molecule has 0 amide bonds. The van der Waals surface area contributed by atoms with Crippen molar-refractivity contribution in [1.82, 2.24) is 30.0 Å². The zero-order chi connectivity index (χ0) is 18.6. The van der Waals surface area contributed by atoms with E-state index in [-0.39, 0.29) is 0 Å². The van der Waals surface area contributed by atoms with Crippen molar-refractivity contribution in [2.24, 2.45) is 7.05 Å². The van der Waals surface area contributed by atoms with Gasteiger partial charge in [-0.05, 0) is 46.8 Å². The predicted octanol–water partition coefficient (Wildman–Crippen LogP) is 3.36. The molecule has 0 radical (unpaired) electrons. The van der Waals surface area contributed by atoms with Crippen LogP contribution in [0.3, 0.4) is 0 Å². The van der Waals surface area contributed by atoms with Gasteiger partial charge in [0.25, 0.3) is 0 Å². The van der Waals surface area contributed by atoms with Crippen molar-refractivity contribution < 1.29 is 4.74 Å². The Morgan fingerprint density at radius 1 is 1.04 bits per heavy atom. The van der Waals surface area contributed by atoms with Crippen LogP contribution in [0.15, 0.2) is 66.0 Å². The molecule has 0 spiro atoms. The average Bonchev–Trinajstić information content (AvgIpc) is 3.33. The minimum absolute atomic E-state index is 0.711. The van der Waals surface area contributed by atoms with E-state index in [9.17, 15) is 0 Å². The van der Waals surface area contributed by atoms with Crippen LogP contribution < -0.4 is 4.74 Å². The molecule has 2 aromatic carbocycles. The van der Waals surface area contributed by atoms with Crippen LogP contribution in [0.25, 0.3) is 16.9 Å². The quantitative estimate of drug-likeness (QED) is 0.479. The zero-order valence-corrected chi connectivity index (χ0v) is 15.8. The molecular weight excluding hydrogens is 360 g/mol. The average molecular weight is 378 g/mol. The maximum Gasteiger partial charge on any atom is 0.209 e. The Balaban J connectivity index is 1.70. The number of benzene rings is 2. The highest BCUT2D eigenvalue weighted by atomic mass is 32.2. The summed E-state index contributed by atoms with van der Waals surface area (Å²) < 4.78 is 8.84. The van der Waals surface area contributed by atoms with Crippen LogP contribution in [0.4, 0.5) is 0 Å². The van der Waals surface area contributed by atoms with Gasteiger partial charge in [-0.1, -0.05) is 30.0 Å². The van der Waals surface area contributed by atoms with Gasteiger partial charge in [-0.2, -0.15) is 5.10 Å². The molecule has 0 fully saturated rings. The lowest BCUT2D eigenvalue weighted by Gasteiger charge is -2.04. The molecule has 0 unspecified atom stereocenters. The van der Waals surface area contributed by atoms with Crippen LogP contribution >= 0.6 is 11.8 Å². The first-order chi connectivity index (χ1) is 13.2. The molecule has 0 saturated carbocycles. The number of aryl methyl sites for hydroxylation is 1. The number of nitrogens with zero attached hydrogens (tertiary/aromatic N) is 6. The van der Waals surface area contributed by atoms with Crippen LogP contribution in [0.1, 0.15) is 5.56 Å². The Morgan fingerprint density at radius 2 is 1.81 bits per heavy atom. The fourth-order valence-corrected chi connectivity index (χ4v) is 3.52. The van der Waals surface area contributed by atoms with E-state index in [1.165, 1.54) is 0 Å². The molecule has 8 heteroatoms. The van der Waals surface area contributed by atoms with Crippen molar-refractivity contribution in [1.29, 1.82) is 0 Å². The van der Waals surface area contributed by atoms with Gasteiger partial charge in [-0.25, -0.2) is 9.36 Å². The summed E-state index contributed by atoms with van der Waals surface area (Å²) in [6, 6.07) is 18.0. The number of hydrogen-bond donors (Lipinski definition) is 0. The van der Waals surface area contributed by atoms with Gasteiger partial charge in [0.2, 0.25) is 5.16 Å². The van der Waals surface area contributed by atoms with Crippen LogP contribution in [0.5, 0.6) is 5.75 Å². The molecule has 4 aromatic rings. The smallest absolute Gasteiger partial charge is 0.209 e. The van der Waals surface area contributed by atoms with E-state index < -0.39 is 0 Å². The number of ether oxygens (including phenoxy) is 1. The van der Waals surface area contributed by atoms with Crippen LogP contribution in [-0.4, -0.2) is 37.1 Å². The van der Waals surface area contributed by atoms with Gasteiger partial charge in [-0.15, -0.1) is 5.10 Å². The highest BCUT2D eigenvalue weighted by Crippen LogP contribution is 2.30. The van der Waals surface area contributed by atoms with Crippen molar-refractivity contribution in [2.45, 2.75) is 10.9 Å². The zero-order valence-electron chi connectivity index (χ0n) is 15.0. The van der Waals surface area contributed by atoms with E-state index in [0.717, 1.165) is 33.4 Å². The summed E-state index contributed by atoms with van der Waals surface area (Å²) in [5.41, 5.74) is 4.10. The summed E-state index contributed by atoms with van der Waals surface area (Å²) in [5, 5.41) is 17.2. The van der Waals surface area contributed by atoms with Crippen molar-refractivity contribution >= 4 is 11.8 Å². The van der Waals surface area contributed by atoms with Crippen LogP contribution in [0, 0.1) is 0 Å². The highest BCUT2D eigenvalue weighted by Gasteiger charge is 2.14. The Morgan fingerprint density at radius 3 is 2.48 bits per heavy atom. The third-order valence-electron chi connectivity index (χ3n) is 4.11. The Hall–Kier alpha value is -3.13. The Bertz CT molecular complexity index is 1030. The summed E-state index contributed by atoms with van der Waals surface area (Å²) in [6.45, 7) is 0. The van der Waals surface area contributed by atoms with Gasteiger partial charge in [0.05, 0.1) is 18.5 Å². The number of rotatable bonds is 6. The van der Waals surface area contributed by atoms with Gasteiger partial charge in [-0.3, -0.25) is 0 Å². The SMILES string of the molecule is COc1ccc(-c2nn(-c3ccccc3)cc2CSc2nnnn2C)cc1. The van der Waals surface area contributed by atoms with E-state index in [0.29, 0.717) is 5.75 Å². The van der Waals surface area contributed by atoms with Crippen LogP contribution in [0.2, 0.25) is 0 Å². The number of methoxy groups -OCH3 is 1. The van der Waals surface area contributed by atoms with Crippen molar-refractivity contribution in [3.05, 3.63) is 66.4 Å². The van der Waals surface area contributed by atoms with E-state index in [1.807, 2.05) is 66.3 Å². The van der Waals surface area contributed by atoms with E-state index in [2.05, 4.69) is 21.7 Å². The summed E-state index contributed by atoms with van der Waals surface area (Å²) in [5.74, 6) is 1.53. The van der Waals surface area contributed by atoms with E-state index >= 15 is 0 Å². The number of aromatic nitrogens is 6. The number of thioether (sulfide) groups is 1. The maximum absolute atomic E-state index is 5.26. The van der Waals surface area contributed by atoms with Gasteiger partial charge in [0, 0.05) is 30.1 Å². The minimum Gasteiger partial charge on any atom is -0.497 e. The molecule has 0 bridgehead atoms. The van der Waals surface area contributed by atoms with Gasteiger partial charge >= 0.3 is 0 Å². The maximum atomic E-state index is 5.26. The molecule has 2 aromatic heterocycles. The number of hydrogen-bond acceptors (Lipinski definition) is 6. The summed E-state index contributed by atoms with van der Waals surface area (Å²) in [4.78, 5) is 0. The third-order valence-corrected chi connectivity index (χ3v) is 5.17. The molecule has 0 saturated heterocycles. The Labute approximate surface area is 161 Å². The van der Waals surface area contributed by atoms with Crippen LogP contribution in [-0.2, 0) is 12.8 Å². The fourth-order valence-electron chi connectivity index (χ4n) is 2.71. The van der Waals surface area contributed by atoms with Gasteiger partial charge in [0.1, 0.15) is 5.75 Å². The minimum atomic E-state index is 0.711. The summed E-state index contributed by atoms with van der Waals surface area (Å²) in [7, 11) is 3.50. The van der Waals surface area contributed by atoms with Gasteiger partial charge in [0.15, 0.2) is 0 Å². The molecule has 0 aliphatic carbocycles. The third kappa shape index (κ3) is 3.70. The summed E-state index contributed by atoms with van der Waals surface area (Å²) >= 11 is 1.58. The van der Waals surface area contributed by atoms with Crippen molar-refractivity contribution in [2.75, 3.05) is 7.11 Å². The molecule has 0 aliphatic rings. The molecule has 0 N–H and O–H groups in total. The lowest BCUT2D eigenvalue weighted by Crippen LogP contribution is -1.94. The first-order valence-electron chi connectivity index (χ1n) is 8.38. The standard InChI is InChI=1S/C19H18N6OS/c1-24-19(20-22-23-24)27-13-15-12-25(16-6-4-3-5-7-16)21-18(15)14-8-10-17(26-2)11-9-14/h3-12H,13H2,1-2H3. The molecule has 136 valence electrons. The number of para-hydroxylation sites is 1. The lowest BCUT2D eigenvalue weighted by molar-refractivity contribution is 0.415. The second kappa shape index (κ2) is 7.63. The second-order valence-corrected chi connectivity index (χ2v) is 6.83. The molecule has 4 rings (SSSR count). The first kappa shape index (κ1) is 17.3. The van der Waals surface area contributed by atoms with E-state index in [4.69, 9.17) is 9.84 Å². The topological polar surface area (TPSA) is 70.7 Å². The molecule has 7 nitrogen and oxygen atoms in total. The molecule has 27 heavy (non-hydrogen) atoms. The molecule has 2 heterocycles. The second-order valence-electron chi connectivity index (χ2n) is 5.89. The highest BCUT2D eigenvalue weighted by molar-refractivity contribution is 7.98. The molecule has 0 atom stereocenters. The molecule has 0 aliphatic heterocycles.